The summed E-state index contributed by atoms with van der Waals surface area (Å²) in [4.78, 5) is 27.4. The first kappa shape index (κ1) is 32.7. The number of aromatic nitrogens is 2. The van der Waals surface area contributed by atoms with Crippen molar-refractivity contribution in [1.29, 1.82) is 0 Å². The van der Waals surface area contributed by atoms with Crippen LogP contribution in [0.2, 0.25) is 0 Å². The summed E-state index contributed by atoms with van der Waals surface area (Å²) in [6.07, 6.45) is 4.31. The molecule has 2 aromatic carbocycles. The highest BCUT2D eigenvalue weighted by Gasteiger charge is 2.40. The van der Waals surface area contributed by atoms with Gasteiger partial charge in [0.2, 0.25) is 0 Å². The van der Waals surface area contributed by atoms with E-state index in [1.54, 1.807) is 6.07 Å². The van der Waals surface area contributed by atoms with Crippen molar-refractivity contribution in [2.24, 2.45) is 0 Å². The van der Waals surface area contributed by atoms with Crippen molar-refractivity contribution in [3.8, 4) is 11.1 Å². The molecule has 4 heterocycles. The number of nitrogens with zero attached hydrogens (tertiary/aromatic N) is 4. The van der Waals surface area contributed by atoms with Gasteiger partial charge >= 0.3 is 6.18 Å². The van der Waals surface area contributed by atoms with E-state index in [1.165, 1.54) is 6.20 Å². The van der Waals surface area contributed by atoms with Crippen LogP contribution in [0.1, 0.15) is 65.3 Å². The molecule has 0 radical (unpaired) electrons. The van der Waals surface area contributed by atoms with Crippen molar-refractivity contribution < 1.29 is 22.9 Å². The molecule has 0 unspecified atom stereocenters. The summed E-state index contributed by atoms with van der Waals surface area (Å²) >= 11 is 0. The summed E-state index contributed by atoms with van der Waals surface area (Å²) in [6, 6.07) is 21.1. The highest BCUT2D eigenvalue weighted by atomic mass is 19.4. The van der Waals surface area contributed by atoms with Crippen molar-refractivity contribution >= 4 is 11.6 Å². The van der Waals surface area contributed by atoms with Gasteiger partial charge in [0.05, 0.1) is 11.9 Å². The van der Waals surface area contributed by atoms with E-state index >= 15 is 0 Å². The Labute approximate surface area is 275 Å². The smallest absolute Gasteiger partial charge is 0.363 e. The van der Waals surface area contributed by atoms with E-state index in [9.17, 15) is 18.0 Å². The van der Waals surface area contributed by atoms with Crippen LogP contribution in [0.15, 0.2) is 85.3 Å². The lowest BCUT2D eigenvalue weighted by atomic mass is 9.84. The van der Waals surface area contributed by atoms with Crippen molar-refractivity contribution in [3.05, 3.63) is 113 Å². The maximum atomic E-state index is 13.8. The number of alkyl halides is 3. The summed E-state index contributed by atoms with van der Waals surface area (Å²) in [5.74, 6) is 0.107. The molecule has 6 nitrogen and oxygen atoms in total. The second-order valence-electron chi connectivity index (χ2n) is 13.3. The first-order valence-electron chi connectivity index (χ1n) is 16.5. The van der Waals surface area contributed by atoms with Crippen molar-refractivity contribution in [2.75, 3.05) is 31.1 Å². The van der Waals surface area contributed by atoms with Crippen LogP contribution in [0.4, 0.5) is 18.9 Å². The largest absolute Gasteiger partial charge is 0.433 e. The number of aryl methyl sites for hydroxylation is 2. The van der Waals surface area contributed by atoms with Crippen molar-refractivity contribution in [2.45, 2.75) is 70.8 Å². The Kier molecular flexibility index (Phi) is 9.37. The first-order chi connectivity index (χ1) is 22.5. The molecule has 0 aliphatic carbocycles. The van der Waals surface area contributed by atoms with Gasteiger partial charge in [0, 0.05) is 62.0 Å². The number of piperidine rings is 2. The van der Waals surface area contributed by atoms with E-state index in [-0.39, 0.29) is 17.5 Å². The lowest BCUT2D eigenvalue weighted by Crippen LogP contribution is -2.58. The van der Waals surface area contributed by atoms with Crippen LogP contribution in [0, 0.1) is 13.8 Å². The first-order valence-corrected chi connectivity index (χ1v) is 16.5. The third kappa shape index (κ3) is 7.20. The number of hydrogen-bond acceptors (Lipinski definition) is 4. The fourth-order valence-electron chi connectivity index (χ4n) is 7.37. The Hall–Kier alpha value is -4.24. The minimum Gasteiger partial charge on any atom is -0.363 e. The summed E-state index contributed by atoms with van der Waals surface area (Å²) in [6.45, 7) is 10.2. The molecular weight excluding hydrogens is 599 g/mol. The maximum absolute atomic E-state index is 13.8. The second-order valence-corrected chi connectivity index (χ2v) is 13.3. The molecule has 0 saturated carbocycles. The highest BCUT2D eigenvalue weighted by Crippen LogP contribution is 2.36. The maximum Gasteiger partial charge on any atom is 0.433 e. The zero-order chi connectivity index (χ0) is 33.2. The number of halogens is 3. The van der Waals surface area contributed by atoms with Gasteiger partial charge in [-0.05, 0) is 86.4 Å². The van der Waals surface area contributed by atoms with E-state index in [1.807, 2.05) is 61.5 Å². The van der Waals surface area contributed by atoms with Crippen LogP contribution in [0.3, 0.4) is 0 Å². The van der Waals surface area contributed by atoms with Crippen LogP contribution in [-0.4, -0.2) is 58.5 Å². The number of benzene rings is 2. The molecule has 2 fully saturated rings. The molecule has 2 aliphatic rings. The predicted octanol–water partition coefficient (Wildman–Crippen LogP) is 7.36. The molecule has 47 heavy (non-hydrogen) atoms. The topological polar surface area (TPSA) is 53.8 Å². The van der Waals surface area contributed by atoms with Crippen molar-refractivity contribution in [3.63, 3.8) is 0 Å². The van der Waals surface area contributed by atoms with Gasteiger partial charge in [-0.25, -0.2) is 9.97 Å². The van der Waals surface area contributed by atoms with Crippen LogP contribution < -0.4 is 9.88 Å². The Bertz CT molecular complexity index is 1640. The molecule has 0 spiro atoms. The Morgan fingerprint density at radius 1 is 0.915 bits per heavy atom. The molecule has 0 bridgehead atoms. The molecule has 0 atom stereocenters. The van der Waals surface area contributed by atoms with E-state index < -0.39 is 11.9 Å². The number of hydrogen-bond donors (Lipinski definition) is 0. The van der Waals surface area contributed by atoms with Crippen LogP contribution in [-0.2, 0) is 12.7 Å². The fraction of sp³-hybridized carbons (Fsp3) is 0.395. The molecule has 2 aromatic heterocycles. The number of aromatic amines is 1. The summed E-state index contributed by atoms with van der Waals surface area (Å²) in [5, 5.41) is 0. The number of nitrogens with one attached hydrogen (secondary N) is 1. The lowest BCUT2D eigenvalue weighted by Gasteiger charge is -2.50. The SMILES string of the molecule is Cc1cc(-c2cc[nH+]cc2)cc(C)c1C(=O)N1CCC(C)(N2CCC(N(Cc3ccccc3)c3ccc(C(F)(F)F)nc3)CC2)CC1. The van der Waals surface area contributed by atoms with Gasteiger partial charge < -0.3 is 9.80 Å². The zero-order valence-electron chi connectivity index (χ0n) is 27.4. The Morgan fingerprint density at radius 3 is 2.13 bits per heavy atom. The predicted molar refractivity (Wildman–Crippen MR) is 178 cm³/mol. The highest BCUT2D eigenvalue weighted by molar-refractivity contribution is 5.98. The zero-order valence-corrected chi connectivity index (χ0v) is 27.4. The van der Waals surface area contributed by atoms with E-state index in [2.05, 4.69) is 51.0 Å². The average Bonchev–Trinajstić information content (AvgIpc) is 3.08. The minimum atomic E-state index is -4.46. The number of pyridine rings is 2. The molecule has 2 saturated heterocycles. The Morgan fingerprint density at radius 2 is 1.55 bits per heavy atom. The lowest BCUT2D eigenvalue weighted by molar-refractivity contribution is -0.377. The van der Waals surface area contributed by atoms with E-state index in [0.29, 0.717) is 25.3 Å². The summed E-state index contributed by atoms with van der Waals surface area (Å²) in [5.41, 5.74) is 5.95. The second kappa shape index (κ2) is 13.5. The van der Waals surface area contributed by atoms with Gasteiger partial charge in [-0.2, -0.15) is 13.2 Å². The standard InChI is InChI=1S/C38H42F3N5O/c1-27-23-31(30-11-17-42-18-12-30)24-28(2)35(27)36(47)44-21-15-37(3,16-22-44)45-19-13-32(14-20-45)46(26-29-7-5-4-6-8-29)33-9-10-34(43-25-33)38(39,40)41/h4-12,17-18,23-25,32H,13-16,19-22,26H2,1-3H3/p+1. The minimum absolute atomic E-state index is 0.0137. The molecular formula is C38H43F3N5O+. The molecule has 6 rings (SSSR count). The van der Waals surface area contributed by atoms with Gasteiger partial charge in [-0.3, -0.25) is 9.69 Å². The molecule has 4 aromatic rings. The quantitative estimate of drug-likeness (QED) is 0.211. The molecule has 246 valence electrons. The monoisotopic (exact) mass is 642 g/mol. The molecule has 1 N–H and O–H groups in total. The van der Waals surface area contributed by atoms with Crippen molar-refractivity contribution in [1.82, 2.24) is 14.8 Å². The number of likely N-dealkylation sites (tertiary alicyclic amines) is 2. The number of H-pyrrole nitrogens is 1. The fourth-order valence-corrected chi connectivity index (χ4v) is 7.37. The van der Waals surface area contributed by atoms with Gasteiger partial charge in [-0.1, -0.05) is 42.5 Å². The Balaban J connectivity index is 1.10. The van der Waals surface area contributed by atoms with Gasteiger partial charge in [-0.15, -0.1) is 0 Å². The van der Waals surface area contributed by atoms with Gasteiger partial charge in [0.25, 0.3) is 5.91 Å². The molecule has 2 aliphatic heterocycles. The van der Waals surface area contributed by atoms with Gasteiger partial charge in [0.1, 0.15) is 5.69 Å². The number of amides is 1. The number of carbonyl (C=O) groups excluding carboxylic acids is 1. The van der Waals surface area contributed by atoms with Gasteiger partial charge in [0.15, 0.2) is 12.4 Å². The third-order valence-corrected chi connectivity index (χ3v) is 10.2. The molecule has 1 amide bonds. The van der Waals surface area contributed by atoms with Crippen LogP contribution >= 0.6 is 0 Å². The normalized spacial score (nSPS) is 17.4. The molecule has 9 heteroatoms. The van der Waals surface area contributed by atoms with E-state index in [0.717, 1.165) is 78.2 Å². The summed E-state index contributed by atoms with van der Waals surface area (Å²) in [7, 11) is 0. The average molecular weight is 643 g/mol. The van der Waals surface area contributed by atoms with E-state index in [4.69, 9.17) is 0 Å². The number of carbonyl (C=O) groups is 1. The third-order valence-electron chi connectivity index (χ3n) is 10.2. The number of rotatable bonds is 7. The summed E-state index contributed by atoms with van der Waals surface area (Å²) < 4.78 is 39.7. The van der Waals surface area contributed by atoms with Crippen LogP contribution in [0.5, 0.6) is 0 Å². The van der Waals surface area contributed by atoms with Crippen LogP contribution in [0.25, 0.3) is 11.1 Å². The number of anilines is 1.